The van der Waals surface area contributed by atoms with E-state index in [1.807, 2.05) is 20.8 Å². The fraction of sp³-hybridized carbons (Fsp3) is 0.643. The quantitative estimate of drug-likeness (QED) is 0.642. The van der Waals surface area contributed by atoms with E-state index < -0.39 is 5.60 Å². The Labute approximate surface area is 198 Å². The van der Waals surface area contributed by atoms with Gasteiger partial charge in [-0.15, -0.1) is 0 Å². The molecule has 5 nitrogen and oxygen atoms in total. The van der Waals surface area contributed by atoms with Gasteiger partial charge in [-0.3, -0.25) is 4.79 Å². The highest BCUT2D eigenvalue weighted by Gasteiger charge is 2.38. The third-order valence-electron chi connectivity index (χ3n) is 7.54. The number of fused-ring (bicyclic) bond motifs is 2. The molecule has 0 spiro atoms. The van der Waals surface area contributed by atoms with Gasteiger partial charge in [0, 0.05) is 19.0 Å². The predicted octanol–water partition coefficient (Wildman–Crippen LogP) is 5.65. The second-order valence-electron chi connectivity index (χ2n) is 11.1. The van der Waals surface area contributed by atoms with Crippen molar-refractivity contribution in [3.05, 3.63) is 40.5 Å². The average molecular weight is 453 g/mol. The first-order chi connectivity index (χ1) is 15.7. The van der Waals surface area contributed by atoms with Crippen LogP contribution in [0.15, 0.2) is 23.8 Å². The molecule has 5 heteroatoms. The maximum atomic E-state index is 13.6. The number of nitrogens with one attached hydrogen (secondary N) is 1. The van der Waals surface area contributed by atoms with Crippen molar-refractivity contribution in [2.45, 2.75) is 91.2 Å². The number of carbonyl (C=O) groups excluding carboxylic acids is 2. The highest BCUT2D eigenvalue weighted by atomic mass is 16.6. The predicted molar refractivity (Wildman–Crippen MR) is 132 cm³/mol. The Hall–Kier alpha value is -2.30. The van der Waals surface area contributed by atoms with Crippen LogP contribution < -0.4 is 5.32 Å². The van der Waals surface area contributed by atoms with Gasteiger partial charge in [0.2, 0.25) is 5.91 Å². The molecule has 2 amide bonds. The van der Waals surface area contributed by atoms with Crippen molar-refractivity contribution >= 4 is 17.6 Å². The molecule has 0 bridgehead atoms. The van der Waals surface area contributed by atoms with Crippen molar-refractivity contribution in [1.82, 2.24) is 10.2 Å². The lowest BCUT2D eigenvalue weighted by Gasteiger charge is -2.40. The van der Waals surface area contributed by atoms with E-state index in [1.165, 1.54) is 27.8 Å². The van der Waals surface area contributed by atoms with Crippen molar-refractivity contribution in [3.63, 3.8) is 0 Å². The Balaban J connectivity index is 1.33. The molecule has 1 atom stereocenters. The lowest BCUT2D eigenvalue weighted by molar-refractivity contribution is -0.138. The smallest absolute Gasteiger partial charge is 0.407 e. The maximum absolute atomic E-state index is 13.6. The molecular formula is C28H40N2O3. The molecular weight excluding hydrogens is 412 g/mol. The Morgan fingerprint density at radius 1 is 1.15 bits per heavy atom. The summed E-state index contributed by atoms with van der Waals surface area (Å²) < 4.78 is 5.34. The summed E-state index contributed by atoms with van der Waals surface area (Å²) in [5, 5.41) is 2.91. The number of amides is 2. The van der Waals surface area contributed by atoms with Gasteiger partial charge >= 0.3 is 6.09 Å². The number of nitrogens with zero attached hydrogens (tertiary/aromatic N) is 1. The van der Waals surface area contributed by atoms with Gasteiger partial charge in [0.05, 0.1) is 6.04 Å². The van der Waals surface area contributed by atoms with E-state index in [-0.39, 0.29) is 18.1 Å². The number of hydrogen-bond donors (Lipinski definition) is 1. The van der Waals surface area contributed by atoms with Crippen LogP contribution >= 0.6 is 0 Å². The molecule has 0 saturated heterocycles. The fourth-order valence-corrected chi connectivity index (χ4v) is 5.96. The first-order valence-corrected chi connectivity index (χ1v) is 12.8. The van der Waals surface area contributed by atoms with E-state index >= 15 is 0 Å². The third kappa shape index (κ3) is 5.28. The number of carbonyl (C=O) groups is 2. The molecule has 1 saturated carbocycles. The van der Waals surface area contributed by atoms with Gasteiger partial charge in [-0.05, 0) is 101 Å². The Morgan fingerprint density at radius 2 is 1.88 bits per heavy atom. The van der Waals surface area contributed by atoms with Crippen molar-refractivity contribution in [3.8, 4) is 0 Å². The number of benzene rings is 1. The Kier molecular flexibility index (Phi) is 6.88. The molecule has 180 valence electrons. The van der Waals surface area contributed by atoms with E-state index in [0.717, 1.165) is 51.5 Å². The van der Waals surface area contributed by atoms with Gasteiger partial charge < -0.3 is 15.0 Å². The maximum Gasteiger partial charge on any atom is 0.407 e. The molecule has 1 unspecified atom stereocenters. The summed E-state index contributed by atoms with van der Waals surface area (Å²) in [6, 6.07) is 7.05. The first-order valence-electron chi connectivity index (χ1n) is 12.8. The van der Waals surface area contributed by atoms with Gasteiger partial charge in [0.1, 0.15) is 5.60 Å². The molecule has 1 N–H and O–H groups in total. The van der Waals surface area contributed by atoms with Crippen LogP contribution in [0.25, 0.3) is 5.57 Å². The topological polar surface area (TPSA) is 58.6 Å². The number of hydrogen-bond acceptors (Lipinski definition) is 3. The van der Waals surface area contributed by atoms with Crippen LogP contribution in [0.5, 0.6) is 0 Å². The molecule has 4 rings (SSSR count). The molecule has 1 aromatic rings. The number of alkyl carbamates (subject to hydrolysis) is 1. The molecule has 1 heterocycles. The van der Waals surface area contributed by atoms with Crippen LogP contribution in [0.1, 0.15) is 82.9 Å². The zero-order valence-corrected chi connectivity index (χ0v) is 21.0. The van der Waals surface area contributed by atoms with Crippen molar-refractivity contribution in [2.24, 2.45) is 11.8 Å². The van der Waals surface area contributed by atoms with Gasteiger partial charge in [-0.1, -0.05) is 30.7 Å². The number of aryl methyl sites for hydroxylation is 1. The monoisotopic (exact) mass is 452 g/mol. The summed E-state index contributed by atoms with van der Waals surface area (Å²) in [5.74, 6) is 0.885. The van der Waals surface area contributed by atoms with Crippen molar-refractivity contribution < 1.29 is 14.3 Å². The zero-order chi connectivity index (χ0) is 23.8. The van der Waals surface area contributed by atoms with E-state index in [2.05, 4.69) is 42.3 Å². The van der Waals surface area contributed by atoms with Crippen LogP contribution in [0.4, 0.5) is 4.79 Å². The van der Waals surface area contributed by atoms with Crippen LogP contribution in [-0.2, 0) is 16.0 Å². The van der Waals surface area contributed by atoms with Crippen LogP contribution in [-0.4, -0.2) is 41.6 Å². The summed E-state index contributed by atoms with van der Waals surface area (Å²) in [5.41, 5.74) is 6.66. The van der Waals surface area contributed by atoms with Gasteiger partial charge in [-0.25, -0.2) is 4.79 Å². The molecule has 3 aliphatic rings. The van der Waals surface area contributed by atoms with Gasteiger partial charge in [-0.2, -0.15) is 0 Å². The highest BCUT2D eigenvalue weighted by molar-refractivity contribution is 5.84. The highest BCUT2D eigenvalue weighted by Crippen LogP contribution is 2.43. The molecule has 2 aliphatic carbocycles. The van der Waals surface area contributed by atoms with Gasteiger partial charge in [0.15, 0.2) is 0 Å². The largest absolute Gasteiger partial charge is 0.444 e. The lowest BCUT2D eigenvalue weighted by atomic mass is 9.80. The van der Waals surface area contributed by atoms with Crippen molar-refractivity contribution in [1.29, 1.82) is 0 Å². The molecule has 0 aromatic heterocycles. The minimum atomic E-state index is -0.479. The first kappa shape index (κ1) is 23.8. The number of rotatable bonds is 4. The van der Waals surface area contributed by atoms with Crippen molar-refractivity contribution in [2.75, 3.05) is 13.1 Å². The summed E-state index contributed by atoms with van der Waals surface area (Å²) >= 11 is 0. The summed E-state index contributed by atoms with van der Waals surface area (Å²) in [6.45, 7) is 11.5. The zero-order valence-electron chi connectivity index (χ0n) is 21.0. The molecule has 0 radical (unpaired) electrons. The van der Waals surface area contributed by atoms with Crippen LogP contribution in [0, 0.1) is 18.8 Å². The summed E-state index contributed by atoms with van der Waals surface area (Å²) in [7, 11) is 0. The standard InChI is InChI=1S/C28H40N2O3/c1-6-25-24-16-21-15-18(2)7-12-22(21)23(24)13-14-30(25)26(31)20-10-8-19(9-11-20)17-29-27(32)33-28(3,4)5/h7,12,15,19-20,25H,6,8-11,13-14,16-17H2,1-5H3,(H,29,32). The molecule has 1 fully saturated rings. The summed E-state index contributed by atoms with van der Waals surface area (Å²) in [4.78, 5) is 27.7. The van der Waals surface area contributed by atoms with Crippen LogP contribution in [0.3, 0.4) is 0 Å². The van der Waals surface area contributed by atoms with E-state index in [9.17, 15) is 9.59 Å². The molecule has 33 heavy (non-hydrogen) atoms. The van der Waals surface area contributed by atoms with Crippen LogP contribution in [0.2, 0.25) is 0 Å². The Morgan fingerprint density at radius 3 is 2.55 bits per heavy atom. The second-order valence-corrected chi connectivity index (χ2v) is 11.1. The van der Waals surface area contributed by atoms with E-state index in [4.69, 9.17) is 4.74 Å². The number of ether oxygens (including phenoxy) is 1. The van der Waals surface area contributed by atoms with E-state index in [1.54, 1.807) is 0 Å². The third-order valence-corrected chi connectivity index (χ3v) is 7.54. The minimum Gasteiger partial charge on any atom is -0.444 e. The Bertz CT molecular complexity index is 935. The second kappa shape index (κ2) is 9.52. The molecule has 1 aliphatic heterocycles. The van der Waals surface area contributed by atoms with Gasteiger partial charge in [0.25, 0.3) is 0 Å². The minimum absolute atomic E-state index is 0.116. The normalized spacial score (nSPS) is 24.9. The molecule has 1 aromatic carbocycles. The fourth-order valence-electron chi connectivity index (χ4n) is 5.96. The lowest BCUT2D eigenvalue weighted by Crippen LogP contribution is -2.48. The SMILES string of the molecule is CCC1C2=C(CCN1C(=O)C1CCC(CNC(=O)OC(C)(C)C)CC1)c1ccc(C)cc1C2. The van der Waals surface area contributed by atoms with E-state index in [0.29, 0.717) is 18.4 Å². The summed E-state index contributed by atoms with van der Waals surface area (Å²) in [6.07, 6.45) is 6.39. The average Bonchev–Trinajstić information content (AvgIpc) is 3.13.